The number of benzene rings is 2. The van der Waals surface area contributed by atoms with E-state index in [-0.39, 0.29) is 23.4 Å². The predicted octanol–water partition coefficient (Wildman–Crippen LogP) is 3.40. The Morgan fingerprint density at radius 1 is 1.24 bits per heavy atom. The van der Waals surface area contributed by atoms with Gasteiger partial charge in [-0.3, -0.25) is 0 Å². The predicted molar refractivity (Wildman–Crippen MR) is 70.1 cm³/mol. The van der Waals surface area contributed by atoms with E-state index in [0.29, 0.717) is 11.1 Å². The number of aromatic carboxylic acids is 1. The van der Waals surface area contributed by atoms with Gasteiger partial charge >= 0.3 is 5.97 Å². The maximum absolute atomic E-state index is 13.6. The summed E-state index contributed by atoms with van der Waals surface area (Å²) >= 11 is 0. The van der Waals surface area contributed by atoms with Crippen LogP contribution in [0.15, 0.2) is 40.8 Å². The zero-order chi connectivity index (χ0) is 15.0. The first-order valence-electron chi connectivity index (χ1n) is 6.10. The molecular formula is C15H9F2NO3. The van der Waals surface area contributed by atoms with Crippen LogP contribution in [0.1, 0.15) is 21.8 Å². The summed E-state index contributed by atoms with van der Waals surface area (Å²) in [4.78, 5) is 15.0. The minimum Gasteiger partial charge on any atom is -0.478 e. The molecule has 0 aliphatic carbocycles. The maximum Gasteiger partial charge on any atom is 0.335 e. The molecule has 21 heavy (non-hydrogen) atoms. The fourth-order valence-corrected chi connectivity index (χ4v) is 2.03. The van der Waals surface area contributed by atoms with Gasteiger partial charge < -0.3 is 9.52 Å². The Morgan fingerprint density at radius 2 is 2.05 bits per heavy atom. The first-order valence-corrected chi connectivity index (χ1v) is 6.10. The van der Waals surface area contributed by atoms with Crippen molar-refractivity contribution in [2.24, 2.45) is 0 Å². The van der Waals surface area contributed by atoms with E-state index < -0.39 is 17.6 Å². The minimum absolute atomic E-state index is 0.0132. The second-order valence-corrected chi connectivity index (χ2v) is 4.48. The Hall–Kier alpha value is -2.76. The summed E-state index contributed by atoms with van der Waals surface area (Å²) in [5.74, 6) is -2.75. The van der Waals surface area contributed by atoms with E-state index in [1.165, 1.54) is 30.3 Å². The molecule has 6 heteroatoms. The lowest BCUT2D eigenvalue weighted by molar-refractivity contribution is 0.0697. The van der Waals surface area contributed by atoms with Crippen LogP contribution in [-0.2, 0) is 6.42 Å². The first kappa shape index (κ1) is 13.2. The van der Waals surface area contributed by atoms with E-state index in [1.54, 1.807) is 0 Å². The molecule has 3 aromatic rings. The largest absolute Gasteiger partial charge is 0.478 e. The van der Waals surface area contributed by atoms with Gasteiger partial charge in [0.1, 0.15) is 5.52 Å². The van der Waals surface area contributed by atoms with E-state index >= 15 is 0 Å². The van der Waals surface area contributed by atoms with Gasteiger partial charge in [0.05, 0.1) is 12.0 Å². The number of carbonyl (C=O) groups is 1. The molecule has 0 atom stereocenters. The van der Waals surface area contributed by atoms with Crippen LogP contribution in [0.3, 0.4) is 0 Å². The average Bonchev–Trinajstić information content (AvgIpc) is 2.85. The summed E-state index contributed by atoms with van der Waals surface area (Å²) in [7, 11) is 0. The van der Waals surface area contributed by atoms with E-state index in [2.05, 4.69) is 4.98 Å². The van der Waals surface area contributed by atoms with E-state index in [1.807, 2.05) is 0 Å². The van der Waals surface area contributed by atoms with Crippen molar-refractivity contribution in [1.29, 1.82) is 0 Å². The van der Waals surface area contributed by atoms with Crippen LogP contribution in [0.5, 0.6) is 0 Å². The highest BCUT2D eigenvalue weighted by molar-refractivity contribution is 5.91. The molecule has 1 heterocycles. The maximum atomic E-state index is 13.6. The number of aromatic nitrogens is 1. The molecule has 0 amide bonds. The third-order valence-corrected chi connectivity index (χ3v) is 3.05. The first-order chi connectivity index (χ1) is 10.0. The highest BCUT2D eigenvalue weighted by Crippen LogP contribution is 2.21. The molecule has 0 unspecified atom stereocenters. The summed E-state index contributed by atoms with van der Waals surface area (Å²) in [6.45, 7) is 0. The smallest absolute Gasteiger partial charge is 0.335 e. The average molecular weight is 289 g/mol. The monoisotopic (exact) mass is 289 g/mol. The summed E-state index contributed by atoms with van der Waals surface area (Å²) < 4.78 is 32.1. The number of hydrogen-bond donors (Lipinski definition) is 1. The zero-order valence-corrected chi connectivity index (χ0v) is 10.6. The van der Waals surface area contributed by atoms with Crippen molar-refractivity contribution >= 4 is 17.1 Å². The molecule has 1 aromatic heterocycles. The molecule has 0 fully saturated rings. The van der Waals surface area contributed by atoms with Gasteiger partial charge in [-0.1, -0.05) is 12.1 Å². The van der Waals surface area contributed by atoms with Crippen molar-refractivity contribution in [2.45, 2.75) is 6.42 Å². The van der Waals surface area contributed by atoms with Crippen molar-refractivity contribution in [3.63, 3.8) is 0 Å². The summed E-state index contributed by atoms with van der Waals surface area (Å²) in [5, 5.41) is 8.90. The normalized spacial score (nSPS) is 11.0. The van der Waals surface area contributed by atoms with E-state index in [4.69, 9.17) is 9.52 Å². The van der Waals surface area contributed by atoms with Gasteiger partial charge in [-0.2, -0.15) is 0 Å². The van der Waals surface area contributed by atoms with Crippen LogP contribution in [0.25, 0.3) is 11.1 Å². The lowest BCUT2D eigenvalue weighted by Crippen LogP contribution is -1.96. The number of fused-ring (bicyclic) bond motifs is 1. The molecule has 106 valence electrons. The number of carboxylic acids is 1. The van der Waals surface area contributed by atoms with Gasteiger partial charge in [-0.25, -0.2) is 18.6 Å². The van der Waals surface area contributed by atoms with Crippen LogP contribution in [0.2, 0.25) is 0 Å². The van der Waals surface area contributed by atoms with Crippen molar-refractivity contribution in [1.82, 2.24) is 4.98 Å². The molecule has 0 saturated carbocycles. The van der Waals surface area contributed by atoms with Crippen LogP contribution >= 0.6 is 0 Å². The van der Waals surface area contributed by atoms with Gasteiger partial charge in [0, 0.05) is 5.56 Å². The molecule has 2 aromatic carbocycles. The van der Waals surface area contributed by atoms with Crippen molar-refractivity contribution < 1.29 is 23.1 Å². The summed E-state index contributed by atoms with van der Waals surface area (Å²) in [5.41, 5.74) is 0.966. The van der Waals surface area contributed by atoms with Gasteiger partial charge in [-0.05, 0) is 24.3 Å². The number of oxazole rings is 1. The number of hydrogen-bond acceptors (Lipinski definition) is 3. The Morgan fingerprint density at radius 3 is 2.81 bits per heavy atom. The minimum atomic E-state index is -1.07. The third kappa shape index (κ3) is 2.47. The standard InChI is InChI=1S/C15H9F2NO3/c16-10-3-1-2-8(14(10)17)7-13-18-11-6-9(15(19)20)4-5-12(11)21-13/h1-6H,7H2,(H,19,20). The quantitative estimate of drug-likeness (QED) is 0.802. The highest BCUT2D eigenvalue weighted by atomic mass is 19.2. The highest BCUT2D eigenvalue weighted by Gasteiger charge is 2.13. The van der Waals surface area contributed by atoms with Gasteiger partial charge in [0.2, 0.25) is 0 Å². The zero-order valence-electron chi connectivity index (χ0n) is 10.6. The third-order valence-electron chi connectivity index (χ3n) is 3.05. The molecular weight excluding hydrogens is 280 g/mol. The topological polar surface area (TPSA) is 63.3 Å². The molecule has 0 spiro atoms. The fourth-order valence-electron chi connectivity index (χ4n) is 2.03. The fraction of sp³-hybridized carbons (Fsp3) is 0.0667. The van der Waals surface area contributed by atoms with Crippen LogP contribution in [0, 0.1) is 11.6 Å². The molecule has 0 radical (unpaired) electrons. The lowest BCUT2D eigenvalue weighted by atomic mass is 10.1. The van der Waals surface area contributed by atoms with Crippen molar-refractivity contribution in [3.05, 3.63) is 65.1 Å². The number of nitrogens with zero attached hydrogens (tertiary/aromatic N) is 1. The Kier molecular flexibility index (Phi) is 3.13. The molecule has 0 aliphatic heterocycles. The molecule has 4 nitrogen and oxygen atoms in total. The van der Waals surface area contributed by atoms with Crippen LogP contribution < -0.4 is 0 Å². The Labute approximate surface area is 117 Å². The molecule has 3 rings (SSSR count). The summed E-state index contributed by atoms with van der Waals surface area (Å²) in [6, 6.07) is 8.12. The number of rotatable bonds is 3. The van der Waals surface area contributed by atoms with Crippen LogP contribution in [-0.4, -0.2) is 16.1 Å². The second kappa shape index (κ2) is 4.97. The Balaban J connectivity index is 1.98. The molecule has 0 aliphatic rings. The molecule has 0 bridgehead atoms. The lowest BCUT2D eigenvalue weighted by Gasteiger charge is -2.00. The number of carboxylic acid groups (broad SMARTS) is 1. The SMILES string of the molecule is O=C(O)c1ccc2oc(Cc3cccc(F)c3F)nc2c1. The van der Waals surface area contributed by atoms with Crippen molar-refractivity contribution in [3.8, 4) is 0 Å². The summed E-state index contributed by atoms with van der Waals surface area (Å²) in [6.07, 6.45) is -0.0132. The Bertz CT molecular complexity index is 842. The van der Waals surface area contributed by atoms with Gasteiger partial charge in [0.15, 0.2) is 23.1 Å². The van der Waals surface area contributed by atoms with Gasteiger partial charge in [-0.15, -0.1) is 0 Å². The van der Waals surface area contributed by atoms with E-state index in [9.17, 15) is 13.6 Å². The molecule has 1 N–H and O–H groups in total. The van der Waals surface area contributed by atoms with Crippen molar-refractivity contribution in [2.75, 3.05) is 0 Å². The van der Waals surface area contributed by atoms with E-state index in [0.717, 1.165) is 6.07 Å². The second-order valence-electron chi connectivity index (χ2n) is 4.48. The van der Waals surface area contributed by atoms with Gasteiger partial charge in [0.25, 0.3) is 0 Å². The molecule has 0 saturated heterocycles. The number of halogens is 2. The van der Waals surface area contributed by atoms with Crippen LogP contribution in [0.4, 0.5) is 8.78 Å².